The van der Waals surface area contributed by atoms with Crippen LogP contribution in [0.15, 0.2) is 47.4 Å². The lowest BCUT2D eigenvalue weighted by molar-refractivity contribution is 0.285. The molecule has 2 aromatic rings. The molecule has 124 valence electrons. The number of hydrogen-bond acceptors (Lipinski definition) is 3. The van der Waals surface area contributed by atoms with Crippen molar-refractivity contribution in [3.63, 3.8) is 0 Å². The Kier molecular flexibility index (Phi) is 5.38. The number of hydrogen-bond donors (Lipinski definition) is 1. The highest BCUT2D eigenvalue weighted by atomic mass is 32.2. The van der Waals surface area contributed by atoms with Gasteiger partial charge in [-0.1, -0.05) is 18.2 Å². The zero-order valence-corrected chi connectivity index (χ0v) is 14.2. The van der Waals surface area contributed by atoms with Gasteiger partial charge in [-0.05, 0) is 56.2 Å². The lowest BCUT2D eigenvalue weighted by Crippen LogP contribution is -2.36. The molecule has 0 spiro atoms. The summed E-state index contributed by atoms with van der Waals surface area (Å²) in [7, 11) is -3.71. The van der Waals surface area contributed by atoms with Gasteiger partial charge in [-0.25, -0.2) is 17.5 Å². The summed E-state index contributed by atoms with van der Waals surface area (Å²) in [6, 6.07) is 10.8. The van der Waals surface area contributed by atoms with Crippen LogP contribution in [0.25, 0.3) is 0 Å². The molecule has 0 saturated heterocycles. The van der Waals surface area contributed by atoms with E-state index >= 15 is 0 Å². The fraction of sp³-hybridized carbons (Fsp3) is 0.294. The third kappa shape index (κ3) is 4.53. The van der Waals surface area contributed by atoms with E-state index in [9.17, 15) is 12.8 Å². The van der Waals surface area contributed by atoms with Gasteiger partial charge in [-0.2, -0.15) is 0 Å². The summed E-state index contributed by atoms with van der Waals surface area (Å²) >= 11 is 0. The van der Waals surface area contributed by atoms with E-state index in [0.717, 1.165) is 17.4 Å². The summed E-state index contributed by atoms with van der Waals surface area (Å²) in [5, 5.41) is 0. The van der Waals surface area contributed by atoms with Gasteiger partial charge in [-0.3, -0.25) is 0 Å². The van der Waals surface area contributed by atoms with E-state index in [1.54, 1.807) is 6.92 Å². The second kappa shape index (κ2) is 7.10. The first-order chi connectivity index (χ1) is 10.8. The standard InChI is InChI=1S/C17H20FNO3S/c1-12-6-4-5-7-17(12)22-11-14(3)19-23(20,21)15-8-9-16(18)13(2)10-15/h4-10,14,19H,11H2,1-3H3/t14-/m0/s1. The normalized spacial score (nSPS) is 12.9. The maximum Gasteiger partial charge on any atom is 0.240 e. The SMILES string of the molecule is Cc1cc(S(=O)(=O)N[C@@H](C)COc2ccccc2C)ccc1F. The molecular weight excluding hydrogens is 317 g/mol. The molecule has 0 saturated carbocycles. The van der Waals surface area contributed by atoms with Crippen LogP contribution in [0.5, 0.6) is 5.75 Å². The number of rotatable bonds is 6. The Morgan fingerprint density at radius 2 is 1.83 bits per heavy atom. The maximum atomic E-state index is 13.3. The molecule has 0 radical (unpaired) electrons. The van der Waals surface area contributed by atoms with E-state index in [1.807, 2.05) is 31.2 Å². The van der Waals surface area contributed by atoms with Crippen molar-refractivity contribution < 1.29 is 17.5 Å². The van der Waals surface area contributed by atoms with Gasteiger partial charge in [0.1, 0.15) is 18.2 Å². The van der Waals surface area contributed by atoms with E-state index in [-0.39, 0.29) is 17.1 Å². The van der Waals surface area contributed by atoms with Crippen molar-refractivity contribution in [1.82, 2.24) is 4.72 Å². The smallest absolute Gasteiger partial charge is 0.240 e. The Balaban J connectivity index is 2.02. The molecular formula is C17H20FNO3S. The highest BCUT2D eigenvalue weighted by molar-refractivity contribution is 7.89. The van der Waals surface area contributed by atoms with Crippen LogP contribution in [0.4, 0.5) is 4.39 Å². The van der Waals surface area contributed by atoms with Crippen LogP contribution in [0.2, 0.25) is 0 Å². The average molecular weight is 337 g/mol. The van der Waals surface area contributed by atoms with E-state index in [1.165, 1.54) is 19.1 Å². The molecule has 0 heterocycles. The van der Waals surface area contributed by atoms with Gasteiger partial charge in [0.25, 0.3) is 0 Å². The van der Waals surface area contributed by atoms with Gasteiger partial charge >= 0.3 is 0 Å². The summed E-state index contributed by atoms with van der Waals surface area (Å²) < 4.78 is 46.0. The predicted molar refractivity (Wildman–Crippen MR) is 87.6 cm³/mol. The highest BCUT2D eigenvalue weighted by Crippen LogP contribution is 2.17. The van der Waals surface area contributed by atoms with Crippen LogP contribution in [-0.2, 0) is 10.0 Å². The monoisotopic (exact) mass is 337 g/mol. The number of benzene rings is 2. The van der Waals surface area contributed by atoms with Gasteiger partial charge in [0, 0.05) is 0 Å². The van der Waals surface area contributed by atoms with E-state index < -0.39 is 21.9 Å². The van der Waals surface area contributed by atoms with Crippen LogP contribution >= 0.6 is 0 Å². The van der Waals surface area contributed by atoms with Crippen LogP contribution < -0.4 is 9.46 Å². The molecule has 23 heavy (non-hydrogen) atoms. The van der Waals surface area contributed by atoms with Gasteiger partial charge in [0.2, 0.25) is 10.0 Å². The zero-order chi connectivity index (χ0) is 17.0. The first kappa shape index (κ1) is 17.4. The second-order valence-electron chi connectivity index (χ2n) is 5.51. The van der Waals surface area contributed by atoms with Crippen molar-refractivity contribution >= 4 is 10.0 Å². The molecule has 2 rings (SSSR count). The van der Waals surface area contributed by atoms with E-state index in [0.29, 0.717) is 0 Å². The number of nitrogens with one attached hydrogen (secondary N) is 1. The first-order valence-electron chi connectivity index (χ1n) is 7.26. The molecule has 0 aliphatic heterocycles. The van der Waals surface area contributed by atoms with Crippen LogP contribution in [0, 0.1) is 19.7 Å². The van der Waals surface area contributed by atoms with E-state index in [4.69, 9.17) is 4.74 Å². The van der Waals surface area contributed by atoms with Crippen LogP contribution in [0.3, 0.4) is 0 Å². The predicted octanol–water partition coefficient (Wildman–Crippen LogP) is 3.19. The highest BCUT2D eigenvalue weighted by Gasteiger charge is 2.18. The summed E-state index contributed by atoms with van der Waals surface area (Å²) in [6.07, 6.45) is 0. The van der Waals surface area contributed by atoms with Crippen molar-refractivity contribution in [2.45, 2.75) is 31.7 Å². The Bertz CT molecular complexity index is 790. The minimum Gasteiger partial charge on any atom is -0.492 e. The molecule has 0 unspecified atom stereocenters. The number of para-hydroxylation sites is 1. The molecule has 0 aliphatic carbocycles. The summed E-state index contributed by atoms with van der Waals surface area (Å²) in [6.45, 7) is 5.36. The van der Waals surface area contributed by atoms with Gasteiger partial charge in [-0.15, -0.1) is 0 Å². The molecule has 4 nitrogen and oxygen atoms in total. The zero-order valence-electron chi connectivity index (χ0n) is 13.3. The molecule has 1 atom stereocenters. The van der Waals surface area contributed by atoms with Crippen LogP contribution in [0.1, 0.15) is 18.1 Å². The number of ether oxygens (including phenoxy) is 1. The van der Waals surface area contributed by atoms with Gasteiger partial charge in [0.05, 0.1) is 10.9 Å². The lowest BCUT2D eigenvalue weighted by atomic mass is 10.2. The summed E-state index contributed by atoms with van der Waals surface area (Å²) in [5.74, 6) is 0.288. The maximum absolute atomic E-state index is 13.3. The average Bonchev–Trinajstić information content (AvgIpc) is 2.48. The molecule has 0 aliphatic rings. The Labute approximate surface area is 136 Å². The Hall–Kier alpha value is -1.92. The Morgan fingerprint density at radius 3 is 2.48 bits per heavy atom. The molecule has 0 aromatic heterocycles. The number of sulfonamides is 1. The van der Waals surface area contributed by atoms with E-state index in [2.05, 4.69) is 4.72 Å². The third-order valence-electron chi connectivity index (χ3n) is 3.38. The second-order valence-corrected chi connectivity index (χ2v) is 7.22. The summed E-state index contributed by atoms with van der Waals surface area (Å²) in [4.78, 5) is 0.0409. The third-order valence-corrected chi connectivity index (χ3v) is 4.97. The minimum atomic E-state index is -3.71. The molecule has 6 heteroatoms. The quantitative estimate of drug-likeness (QED) is 0.881. The minimum absolute atomic E-state index is 0.0409. The van der Waals surface area contributed by atoms with Crippen molar-refractivity contribution in [2.75, 3.05) is 6.61 Å². The fourth-order valence-corrected chi connectivity index (χ4v) is 3.40. The van der Waals surface area contributed by atoms with Crippen LogP contribution in [-0.4, -0.2) is 21.1 Å². The Morgan fingerprint density at radius 1 is 1.13 bits per heavy atom. The number of aryl methyl sites for hydroxylation is 2. The largest absolute Gasteiger partial charge is 0.492 e. The molecule has 0 fully saturated rings. The molecule has 2 aromatic carbocycles. The molecule has 1 N–H and O–H groups in total. The van der Waals surface area contributed by atoms with Gasteiger partial charge in [0.15, 0.2) is 0 Å². The molecule has 0 bridgehead atoms. The van der Waals surface area contributed by atoms with Gasteiger partial charge < -0.3 is 4.74 Å². The van der Waals surface area contributed by atoms with Crippen molar-refractivity contribution in [1.29, 1.82) is 0 Å². The van der Waals surface area contributed by atoms with Crippen molar-refractivity contribution in [3.05, 3.63) is 59.4 Å². The summed E-state index contributed by atoms with van der Waals surface area (Å²) in [5.41, 5.74) is 1.27. The fourth-order valence-electron chi connectivity index (χ4n) is 2.08. The molecule has 0 amide bonds. The van der Waals surface area contributed by atoms with Crippen molar-refractivity contribution in [3.8, 4) is 5.75 Å². The number of halogens is 1. The topological polar surface area (TPSA) is 55.4 Å². The van der Waals surface area contributed by atoms with Crippen molar-refractivity contribution in [2.24, 2.45) is 0 Å². The first-order valence-corrected chi connectivity index (χ1v) is 8.75. The lowest BCUT2D eigenvalue weighted by Gasteiger charge is -2.16.